The average Bonchev–Trinajstić information content (AvgIpc) is 3.30. The molecule has 370 valence electrons. The van der Waals surface area contributed by atoms with E-state index in [-0.39, 0.29) is 36.7 Å². The highest BCUT2D eigenvalue weighted by Crippen LogP contribution is 2.13. The van der Waals surface area contributed by atoms with Crippen molar-refractivity contribution in [3.63, 3.8) is 0 Å². The minimum absolute atomic E-state index is 0.0506. The van der Waals surface area contributed by atoms with E-state index < -0.39 is 6.04 Å². The molecule has 0 fully saturated rings. The van der Waals surface area contributed by atoms with Crippen molar-refractivity contribution in [3.8, 4) is 0 Å². The van der Waals surface area contributed by atoms with Gasteiger partial charge < -0.3 is 21.3 Å². The van der Waals surface area contributed by atoms with Crippen molar-refractivity contribution in [2.75, 3.05) is 26.2 Å². The Morgan fingerprint density at radius 3 is 1.51 bits per heavy atom. The van der Waals surface area contributed by atoms with Crippen molar-refractivity contribution in [2.24, 2.45) is 10.9 Å². The molecule has 0 spiro atoms. The zero-order valence-corrected chi connectivity index (χ0v) is 42.2. The number of hydrogen-bond donors (Lipinski definition) is 4. The third-order valence-corrected chi connectivity index (χ3v) is 11.9. The van der Waals surface area contributed by atoms with E-state index in [0.29, 0.717) is 37.4 Å². The van der Waals surface area contributed by atoms with Crippen molar-refractivity contribution < 1.29 is 19.2 Å². The van der Waals surface area contributed by atoms with E-state index in [4.69, 9.17) is 0 Å². The average molecular weight is 904 g/mol. The molecule has 0 aromatic heterocycles. The number of carbonyl (C=O) groups is 4. The smallest absolute Gasteiger partial charge is 0.251 e. The van der Waals surface area contributed by atoms with Crippen LogP contribution in [-0.2, 0) is 14.4 Å². The molecule has 0 bridgehead atoms. The topological polar surface area (TPSA) is 129 Å². The predicted molar refractivity (Wildman–Crippen MR) is 277 cm³/mol. The Morgan fingerprint density at radius 2 is 1.00 bits per heavy atom. The number of hydrogen-bond acceptors (Lipinski definition) is 5. The van der Waals surface area contributed by atoms with Gasteiger partial charge in [0.2, 0.25) is 17.7 Å². The summed E-state index contributed by atoms with van der Waals surface area (Å²) in [5, 5.41) is 11.7. The fourth-order valence-electron chi connectivity index (χ4n) is 7.73. The third-order valence-electron chi connectivity index (χ3n) is 11.9. The lowest BCUT2D eigenvalue weighted by molar-refractivity contribution is -0.129. The number of nitrogens with zero attached hydrogens (tertiary/aromatic N) is 1. The molecule has 1 unspecified atom stereocenters. The highest BCUT2D eigenvalue weighted by Gasteiger charge is 2.21. The maximum Gasteiger partial charge on any atom is 0.251 e. The van der Waals surface area contributed by atoms with Crippen LogP contribution < -0.4 is 21.3 Å². The van der Waals surface area contributed by atoms with Gasteiger partial charge in [-0.05, 0) is 94.2 Å². The largest absolute Gasteiger partial charge is 0.353 e. The van der Waals surface area contributed by atoms with E-state index in [1.54, 1.807) is 18.3 Å². The Morgan fingerprint density at radius 1 is 0.523 bits per heavy atom. The standard InChI is InChI=1S/C56H97N5O4/c1-5-7-9-11-13-15-17-19-21-23-25-27-29-31-33-38-53(62)60-48-52(61-54(63)39-34-32-30-28-26-24-22-20-18-16-14-12-10-8-6-2)56(65)59-46-45-57-47-50-40-42-51(43-41-50)55(64)58-44-36-35-37-49(3)4/h19-22,40-43,47,49,52H,5-18,23-39,44-46,48H2,1-4H3,(H,58,64)(H,59,65)(H,60,62)(H,61,63). The van der Waals surface area contributed by atoms with Gasteiger partial charge in [0.15, 0.2) is 0 Å². The minimum atomic E-state index is -0.860. The molecule has 0 saturated carbocycles. The lowest BCUT2D eigenvalue weighted by atomic mass is 10.1. The van der Waals surface area contributed by atoms with E-state index in [1.165, 1.54) is 116 Å². The number of amides is 4. The summed E-state index contributed by atoms with van der Waals surface area (Å²) < 4.78 is 0. The van der Waals surface area contributed by atoms with Gasteiger partial charge in [0.25, 0.3) is 5.91 Å². The summed E-state index contributed by atoms with van der Waals surface area (Å²) in [5.41, 5.74) is 1.47. The van der Waals surface area contributed by atoms with E-state index >= 15 is 0 Å². The summed E-state index contributed by atoms with van der Waals surface area (Å²) in [4.78, 5) is 56.1. The number of rotatable bonds is 44. The van der Waals surface area contributed by atoms with Crippen molar-refractivity contribution in [3.05, 3.63) is 59.7 Å². The quantitative estimate of drug-likeness (QED) is 0.0295. The number of unbranched alkanes of at least 4 members (excludes halogenated alkanes) is 23. The monoisotopic (exact) mass is 904 g/mol. The number of carbonyl (C=O) groups excluding carboxylic acids is 4. The second-order valence-corrected chi connectivity index (χ2v) is 18.7. The Balaban J connectivity index is 2.47. The molecule has 0 saturated heterocycles. The molecule has 65 heavy (non-hydrogen) atoms. The molecule has 0 heterocycles. The van der Waals surface area contributed by atoms with Crippen LogP contribution in [0.4, 0.5) is 0 Å². The van der Waals surface area contributed by atoms with E-state index in [9.17, 15) is 19.2 Å². The SMILES string of the molecule is CCCCCCCCC=CCCCCCCCC(=O)NCC(NC(=O)CCCCCCCC=CCCCCCCCC)C(=O)NCCN=Cc1ccc(C(=O)NCCCCC(C)C)cc1. The molecule has 9 nitrogen and oxygen atoms in total. The lowest BCUT2D eigenvalue weighted by Gasteiger charge is -2.19. The summed E-state index contributed by atoms with van der Waals surface area (Å²) in [7, 11) is 0. The van der Waals surface area contributed by atoms with Crippen LogP contribution in [0, 0.1) is 5.92 Å². The van der Waals surface area contributed by atoms with Gasteiger partial charge in [0.05, 0.1) is 6.54 Å². The molecular formula is C56H97N5O4. The molecule has 0 aliphatic rings. The highest BCUT2D eigenvalue weighted by molar-refractivity contribution is 5.95. The first-order valence-corrected chi connectivity index (χ1v) is 26.8. The zero-order chi connectivity index (χ0) is 47.3. The summed E-state index contributed by atoms with van der Waals surface area (Å²) in [6, 6.07) is 6.45. The molecular weight excluding hydrogens is 807 g/mol. The van der Waals surface area contributed by atoms with E-state index in [2.05, 4.69) is 78.3 Å². The number of benzene rings is 1. The summed E-state index contributed by atoms with van der Waals surface area (Å²) in [5.74, 6) is -0.000443. The first kappa shape index (κ1) is 59.3. The van der Waals surface area contributed by atoms with E-state index in [1.807, 2.05) is 12.1 Å². The first-order chi connectivity index (χ1) is 31.8. The molecule has 4 amide bonds. The van der Waals surface area contributed by atoms with Crippen molar-refractivity contribution in [1.29, 1.82) is 0 Å². The maximum atomic E-state index is 13.3. The van der Waals surface area contributed by atoms with Gasteiger partial charge >= 0.3 is 0 Å². The molecule has 1 aromatic rings. The molecule has 0 aliphatic carbocycles. The van der Waals surface area contributed by atoms with Gasteiger partial charge in [-0.25, -0.2) is 0 Å². The Bertz CT molecular complexity index is 1410. The Labute approximate surface area is 398 Å². The molecule has 0 aliphatic heterocycles. The lowest BCUT2D eigenvalue weighted by Crippen LogP contribution is -2.53. The zero-order valence-electron chi connectivity index (χ0n) is 42.2. The van der Waals surface area contributed by atoms with Crippen LogP contribution in [0.1, 0.15) is 243 Å². The van der Waals surface area contributed by atoms with E-state index in [0.717, 1.165) is 76.2 Å². The third kappa shape index (κ3) is 38.1. The summed E-state index contributed by atoms with van der Waals surface area (Å²) in [6.07, 6.45) is 46.2. The number of allylic oxidation sites excluding steroid dienone is 4. The molecule has 4 N–H and O–H groups in total. The van der Waals surface area contributed by atoms with Crippen LogP contribution in [0.3, 0.4) is 0 Å². The van der Waals surface area contributed by atoms with Gasteiger partial charge in [-0.15, -0.1) is 0 Å². The number of nitrogens with one attached hydrogen (secondary N) is 4. The molecule has 1 aromatic carbocycles. The molecule has 9 heteroatoms. The normalized spacial score (nSPS) is 12.1. The van der Waals surface area contributed by atoms with Gasteiger partial charge in [0.1, 0.15) is 6.04 Å². The minimum Gasteiger partial charge on any atom is -0.353 e. The molecule has 0 radical (unpaired) electrons. The summed E-state index contributed by atoms with van der Waals surface area (Å²) >= 11 is 0. The second kappa shape index (κ2) is 44.1. The summed E-state index contributed by atoms with van der Waals surface area (Å²) in [6.45, 7) is 10.3. The number of aliphatic imine (C=N–C) groups is 1. The van der Waals surface area contributed by atoms with Crippen molar-refractivity contribution in [2.45, 2.75) is 233 Å². The molecule has 1 rings (SSSR count). The van der Waals surface area contributed by atoms with Gasteiger partial charge in [0, 0.05) is 44.3 Å². The van der Waals surface area contributed by atoms with Crippen LogP contribution in [0.5, 0.6) is 0 Å². The van der Waals surface area contributed by atoms with Crippen molar-refractivity contribution >= 4 is 29.8 Å². The van der Waals surface area contributed by atoms with Crippen LogP contribution >= 0.6 is 0 Å². The van der Waals surface area contributed by atoms with Crippen LogP contribution in [-0.4, -0.2) is 62.1 Å². The van der Waals surface area contributed by atoms with Gasteiger partial charge in [-0.2, -0.15) is 0 Å². The Hall–Kier alpha value is -3.75. The predicted octanol–water partition coefficient (Wildman–Crippen LogP) is 13.5. The fourth-order valence-corrected chi connectivity index (χ4v) is 7.73. The van der Waals surface area contributed by atoms with Crippen LogP contribution in [0.15, 0.2) is 53.6 Å². The highest BCUT2D eigenvalue weighted by atomic mass is 16.2. The van der Waals surface area contributed by atoms with Crippen LogP contribution in [0.25, 0.3) is 0 Å². The van der Waals surface area contributed by atoms with Gasteiger partial charge in [-0.1, -0.05) is 180 Å². The van der Waals surface area contributed by atoms with Gasteiger partial charge in [-0.3, -0.25) is 24.2 Å². The maximum absolute atomic E-state index is 13.3. The van der Waals surface area contributed by atoms with Crippen LogP contribution in [0.2, 0.25) is 0 Å². The molecule has 1 atom stereocenters. The fraction of sp³-hybridized carbons (Fsp3) is 0.732. The van der Waals surface area contributed by atoms with Crippen molar-refractivity contribution in [1.82, 2.24) is 21.3 Å². The first-order valence-electron chi connectivity index (χ1n) is 26.8. The second-order valence-electron chi connectivity index (χ2n) is 18.7. The Kier molecular flexibility index (Phi) is 40.2.